The van der Waals surface area contributed by atoms with Gasteiger partial charge in [-0.15, -0.1) is 0 Å². The standard InChI is InChI=1S/C2H6O.CH4ClNO4.6H2O.Zn/c1-2-3;1-3-7-2(4,5)6;;;;;;;/h3H,2H2,1H3;3H,1H3;6*1H2;. The summed E-state index contributed by atoms with van der Waals surface area (Å²) in [5.41, 5.74) is 1.69. The fourth-order valence-corrected chi connectivity index (χ4v) is 0.283. The van der Waals surface area contributed by atoms with Gasteiger partial charge in [0, 0.05) is 33.1 Å². The molecule has 0 unspecified atom stereocenters. The Kier molecular flexibility index (Phi) is 171. The van der Waals surface area contributed by atoms with Crippen LogP contribution in [-0.4, -0.2) is 51.6 Å². The average molecular weight is 349 g/mol. The van der Waals surface area contributed by atoms with Gasteiger partial charge in [0.2, 0.25) is 0 Å². The second-order valence-corrected chi connectivity index (χ2v) is 1.89. The number of aliphatic hydroxyl groups is 1. The van der Waals surface area contributed by atoms with E-state index in [0.717, 1.165) is 0 Å². The summed E-state index contributed by atoms with van der Waals surface area (Å²) in [6, 6.07) is 0. The predicted octanol–water partition coefficient (Wildman–Crippen LogP) is -8.92. The van der Waals surface area contributed by atoms with Crippen LogP contribution in [0.25, 0.3) is 0 Å². The van der Waals surface area contributed by atoms with E-state index in [-0.39, 0.29) is 58.9 Å². The van der Waals surface area contributed by atoms with E-state index in [1.54, 1.807) is 12.4 Å². The third-order valence-electron chi connectivity index (χ3n) is 0.172. The van der Waals surface area contributed by atoms with Crippen LogP contribution in [0.1, 0.15) is 6.92 Å². The van der Waals surface area contributed by atoms with Crippen molar-refractivity contribution in [2.45, 2.75) is 6.92 Å². The summed E-state index contributed by atoms with van der Waals surface area (Å²) in [6.07, 6.45) is 0. The van der Waals surface area contributed by atoms with Crippen molar-refractivity contribution in [3.8, 4) is 0 Å². The molecule has 0 bridgehead atoms. The number of nitrogens with one attached hydrogen (secondary N) is 1. The summed E-state index contributed by atoms with van der Waals surface area (Å²) in [4.78, 5) is 0. The van der Waals surface area contributed by atoms with Crippen molar-refractivity contribution in [1.29, 1.82) is 0 Å². The van der Waals surface area contributed by atoms with Gasteiger partial charge in [-0.2, -0.15) is 14.0 Å². The van der Waals surface area contributed by atoms with Crippen molar-refractivity contribution >= 4 is 0 Å². The van der Waals surface area contributed by atoms with Crippen molar-refractivity contribution < 1.29 is 86.1 Å². The van der Waals surface area contributed by atoms with Gasteiger partial charge in [-0.3, -0.25) is 0 Å². The Morgan fingerprint density at radius 3 is 1.18 bits per heavy atom. The Morgan fingerprint density at radius 2 is 1.18 bits per heavy atom. The molecule has 0 fully saturated rings. The molecule has 0 rings (SSSR count). The molecule has 0 amide bonds. The molecule has 0 aromatic heterocycles. The quantitative estimate of drug-likeness (QED) is 0.359. The SMILES string of the molecule is CCO.CNO[Cl+3]([O-])([O-])[O-].O.O.O.O.O.O.[Zn]. The molecule has 14 heteroatoms. The Hall–Kier alpha value is 0.433. The van der Waals surface area contributed by atoms with E-state index in [2.05, 4.69) is 4.39 Å². The summed E-state index contributed by atoms with van der Waals surface area (Å²) >= 11 is 0. The van der Waals surface area contributed by atoms with Gasteiger partial charge >= 0.3 is 0 Å². The second-order valence-electron chi connectivity index (χ2n) is 0.975. The molecule has 0 saturated heterocycles. The molecule has 0 atom stereocenters. The number of rotatable bonds is 2. The first-order valence-corrected chi connectivity index (χ1v) is 3.58. The van der Waals surface area contributed by atoms with E-state index in [0.29, 0.717) is 0 Å². The van der Waals surface area contributed by atoms with Gasteiger partial charge in [0.1, 0.15) is 10.2 Å². The van der Waals surface area contributed by atoms with Crippen LogP contribution >= 0.6 is 0 Å². The molecule has 0 aliphatic rings. The Balaban J connectivity index is -0.00000000849. The van der Waals surface area contributed by atoms with E-state index in [4.69, 9.17) is 5.11 Å². The minimum absolute atomic E-state index is 0. The maximum absolute atomic E-state index is 9.36. The van der Waals surface area contributed by atoms with E-state index in [9.17, 15) is 14.0 Å². The van der Waals surface area contributed by atoms with Crippen LogP contribution in [0.15, 0.2) is 0 Å². The number of halogens is 1. The van der Waals surface area contributed by atoms with Crippen LogP contribution in [0, 0.1) is 10.2 Å². The largest absolute Gasteiger partial charge is 0.412 e. The molecule has 0 heterocycles. The molecular weight excluding hydrogens is 327 g/mol. The summed E-state index contributed by atoms with van der Waals surface area (Å²) in [5, 5.41) is 7.57. The van der Waals surface area contributed by atoms with Gasteiger partial charge < -0.3 is 38.0 Å². The molecule has 0 aliphatic heterocycles. The number of hydrogen-bond acceptors (Lipinski definition) is 6. The predicted molar refractivity (Wildman–Crippen MR) is 44.6 cm³/mol. The van der Waals surface area contributed by atoms with Gasteiger partial charge in [-0.05, 0) is 6.92 Å². The Bertz CT molecular complexity index is 74.2. The first-order chi connectivity index (χ1) is 4.47. The van der Waals surface area contributed by atoms with Crippen LogP contribution in [-0.2, 0) is 23.9 Å². The monoisotopic (exact) mass is 347 g/mol. The third kappa shape index (κ3) is 174. The molecule has 0 aromatic carbocycles. The molecule has 114 valence electrons. The summed E-state index contributed by atoms with van der Waals surface area (Å²) < 4.78 is 31.5. The molecule has 12 nitrogen and oxygen atoms in total. The summed E-state index contributed by atoms with van der Waals surface area (Å²) in [5.74, 6) is 0. The molecule has 0 aliphatic carbocycles. The molecule has 0 spiro atoms. The number of aliphatic hydroxyl groups excluding tert-OH is 1. The smallest absolute Gasteiger partial charge is 0.176 e. The Labute approximate surface area is 112 Å². The minimum Gasteiger partial charge on any atom is -0.412 e. The van der Waals surface area contributed by atoms with Crippen LogP contribution < -0.4 is 19.5 Å². The normalized spacial score (nSPS) is 6.00. The van der Waals surface area contributed by atoms with Gasteiger partial charge in [-0.1, -0.05) is 5.48 Å². The topological polar surface area (TPSA) is 300 Å². The average Bonchev–Trinajstić information content (AvgIpc) is 1.63. The van der Waals surface area contributed by atoms with Gasteiger partial charge in [0.05, 0.1) is 0 Å². The number of hydrogen-bond donors (Lipinski definition) is 2. The van der Waals surface area contributed by atoms with Crippen LogP contribution in [0.3, 0.4) is 0 Å². The van der Waals surface area contributed by atoms with Gasteiger partial charge in [0.25, 0.3) is 0 Å². The van der Waals surface area contributed by atoms with Crippen molar-refractivity contribution in [3.63, 3.8) is 0 Å². The second kappa shape index (κ2) is 44.0. The van der Waals surface area contributed by atoms with Crippen LogP contribution in [0.2, 0.25) is 0 Å². The Morgan fingerprint density at radius 1 is 1.00 bits per heavy atom. The van der Waals surface area contributed by atoms with Crippen LogP contribution in [0.5, 0.6) is 0 Å². The molecule has 14 N–H and O–H groups in total. The van der Waals surface area contributed by atoms with Crippen molar-refractivity contribution in [1.82, 2.24) is 5.48 Å². The van der Waals surface area contributed by atoms with Crippen molar-refractivity contribution in [2.75, 3.05) is 13.7 Å². The first-order valence-electron chi connectivity index (χ1n) is 2.34. The maximum atomic E-state index is 9.36. The van der Waals surface area contributed by atoms with Gasteiger partial charge in [0.15, 0.2) is 4.39 Å². The van der Waals surface area contributed by atoms with Gasteiger partial charge in [-0.25, -0.2) is 0 Å². The summed E-state index contributed by atoms with van der Waals surface area (Å²) in [6.45, 7) is 1.93. The zero-order chi connectivity index (χ0) is 8.62. The van der Waals surface area contributed by atoms with Crippen molar-refractivity contribution in [2.24, 2.45) is 0 Å². The zero-order valence-electron chi connectivity index (χ0n) is 9.37. The minimum atomic E-state index is -4.29. The number of hydroxylamine groups is 1. The fourth-order valence-electron chi connectivity index (χ4n) is 0.0945. The maximum Gasteiger partial charge on any atom is 0.176 e. The van der Waals surface area contributed by atoms with E-state index < -0.39 is 10.2 Å². The van der Waals surface area contributed by atoms with E-state index >= 15 is 0 Å². The van der Waals surface area contributed by atoms with E-state index in [1.807, 2.05) is 0 Å². The van der Waals surface area contributed by atoms with Crippen molar-refractivity contribution in [3.05, 3.63) is 0 Å². The molecule has 0 aromatic rings. The first kappa shape index (κ1) is 66.2. The summed E-state index contributed by atoms with van der Waals surface area (Å²) in [7, 11) is -3.12. The van der Waals surface area contributed by atoms with Crippen LogP contribution in [0.4, 0.5) is 0 Å². The fraction of sp³-hybridized carbons (Fsp3) is 1.00. The third-order valence-corrected chi connectivity index (χ3v) is 0.515. The van der Waals surface area contributed by atoms with E-state index in [1.165, 1.54) is 7.05 Å². The molecule has 0 radical (unpaired) electrons. The molecule has 17 heavy (non-hydrogen) atoms. The molecular formula is C3H22ClNO11Zn. The molecule has 0 saturated carbocycles. The zero-order valence-corrected chi connectivity index (χ0v) is 13.1.